The van der Waals surface area contributed by atoms with E-state index >= 15 is 0 Å². The summed E-state index contributed by atoms with van der Waals surface area (Å²) < 4.78 is 0. The standard InChI is InChI=1S/C12H17N3O3/c1-3-10(11(16)17)15-12(18)14-7-9-6-13-5-4-8(9)2/h4-6,10H,3,7H2,1-2H3,(H,16,17)(H2,14,15,18)/t10-/m0/s1. The molecule has 0 radical (unpaired) electrons. The van der Waals surface area contributed by atoms with Crippen molar-refractivity contribution in [2.45, 2.75) is 32.9 Å². The van der Waals surface area contributed by atoms with Gasteiger partial charge in [0.2, 0.25) is 0 Å². The highest BCUT2D eigenvalue weighted by molar-refractivity contribution is 5.82. The largest absolute Gasteiger partial charge is 0.480 e. The van der Waals surface area contributed by atoms with E-state index in [0.717, 1.165) is 11.1 Å². The highest BCUT2D eigenvalue weighted by Gasteiger charge is 2.17. The maximum atomic E-state index is 11.5. The van der Waals surface area contributed by atoms with E-state index in [0.29, 0.717) is 13.0 Å². The first-order chi connectivity index (χ1) is 8.54. The molecule has 0 aliphatic heterocycles. The average molecular weight is 251 g/mol. The Hall–Kier alpha value is -2.11. The lowest BCUT2D eigenvalue weighted by Gasteiger charge is -2.13. The molecule has 0 spiro atoms. The fourth-order valence-electron chi connectivity index (χ4n) is 1.40. The maximum absolute atomic E-state index is 11.5. The number of carboxylic acids is 1. The van der Waals surface area contributed by atoms with E-state index in [-0.39, 0.29) is 0 Å². The van der Waals surface area contributed by atoms with Crippen molar-refractivity contribution in [3.8, 4) is 0 Å². The minimum absolute atomic E-state index is 0.321. The van der Waals surface area contributed by atoms with Crippen LogP contribution in [0.15, 0.2) is 18.5 Å². The van der Waals surface area contributed by atoms with E-state index in [4.69, 9.17) is 5.11 Å². The number of aromatic nitrogens is 1. The highest BCUT2D eigenvalue weighted by atomic mass is 16.4. The third kappa shape index (κ3) is 4.04. The summed E-state index contributed by atoms with van der Waals surface area (Å²) in [7, 11) is 0. The fraction of sp³-hybridized carbons (Fsp3) is 0.417. The lowest BCUT2D eigenvalue weighted by molar-refractivity contribution is -0.139. The van der Waals surface area contributed by atoms with Crippen LogP contribution in [0.2, 0.25) is 0 Å². The Balaban J connectivity index is 2.47. The van der Waals surface area contributed by atoms with Gasteiger partial charge in [0, 0.05) is 18.9 Å². The highest BCUT2D eigenvalue weighted by Crippen LogP contribution is 2.03. The normalized spacial score (nSPS) is 11.7. The van der Waals surface area contributed by atoms with Crippen LogP contribution in [0.5, 0.6) is 0 Å². The van der Waals surface area contributed by atoms with Crippen molar-refractivity contribution < 1.29 is 14.7 Å². The zero-order valence-corrected chi connectivity index (χ0v) is 10.4. The first kappa shape index (κ1) is 14.0. The van der Waals surface area contributed by atoms with Crippen molar-refractivity contribution in [3.05, 3.63) is 29.6 Å². The SMILES string of the molecule is CC[C@H](NC(=O)NCc1cnccc1C)C(=O)O. The number of rotatable bonds is 5. The van der Waals surface area contributed by atoms with Crippen LogP contribution in [0, 0.1) is 6.92 Å². The average Bonchev–Trinajstić information content (AvgIpc) is 2.34. The molecule has 2 amide bonds. The van der Waals surface area contributed by atoms with Crippen molar-refractivity contribution in [1.82, 2.24) is 15.6 Å². The van der Waals surface area contributed by atoms with Gasteiger partial charge in [0.25, 0.3) is 0 Å². The number of carbonyl (C=O) groups excluding carboxylic acids is 1. The first-order valence-electron chi connectivity index (χ1n) is 5.71. The van der Waals surface area contributed by atoms with Gasteiger partial charge in [-0.2, -0.15) is 0 Å². The number of nitrogens with zero attached hydrogens (tertiary/aromatic N) is 1. The number of hydrogen-bond donors (Lipinski definition) is 3. The molecule has 1 atom stereocenters. The van der Waals surface area contributed by atoms with Gasteiger partial charge >= 0.3 is 12.0 Å². The van der Waals surface area contributed by atoms with E-state index in [2.05, 4.69) is 15.6 Å². The van der Waals surface area contributed by atoms with Gasteiger partial charge in [-0.25, -0.2) is 9.59 Å². The Morgan fingerprint density at radius 2 is 2.22 bits per heavy atom. The minimum Gasteiger partial charge on any atom is -0.480 e. The molecule has 1 aromatic heterocycles. The van der Waals surface area contributed by atoms with Crippen LogP contribution in [0.4, 0.5) is 4.79 Å². The van der Waals surface area contributed by atoms with Crippen LogP contribution in [-0.2, 0) is 11.3 Å². The van der Waals surface area contributed by atoms with E-state index in [1.54, 1.807) is 19.3 Å². The van der Waals surface area contributed by atoms with Gasteiger partial charge in [-0.15, -0.1) is 0 Å². The zero-order valence-electron chi connectivity index (χ0n) is 10.4. The molecule has 0 saturated carbocycles. The zero-order chi connectivity index (χ0) is 13.5. The second kappa shape index (κ2) is 6.58. The van der Waals surface area contributed by atoms with E-state index in [1.165, 1.54) is 0 Å². The molecule has 0 fully saturated rings. The predicted octanol–water partition coefficient (Wildman–Crippen LogP) is 1.05. The van der Waals surface area contributed by atoms with E-state index < -0.39 is 18.0 Å². The predicted molar refractivity (Wildman–Crippen MR) is 66.1 cm³/mol. The number of aryl methyl sites for hydroxylation is 1. The third-order valence-corrected chi connectivity index (χ3v) is 2.60. The van der Waals surface area contributed by atoms with Gasteiger partial charge in [-0.05, 0) is 30.5 Å². The molecular weight excluding hydrogens is 234 g/mol. The molecule has 1 heterocycles. The molecule has 0 aromatic carbocycles. The maximum Gasteiger partial charge on any atom is 0.326 e. The van der Waals surface area contributed by atoms with Crippen LogP contribution in [0.3, 0.4) is 0 Å². The topological polar surface area (TPSA) is 91.3 Å². The Morgan fingerprint density at radius 3 is 2.78 bits per heavy atom. The molecule has 1 rings (SSSR count). The van der Waals surface area contributed by atoms with Crippen molar-refractivity contribution in [2.75, 3.05) is 0 Å². The van der Waals surface area contributed by atoms with E-state index in [9.17, 15) is 9.59 Å². The molecule has 1 aromatic rings. The number of carboxylic acid groups (broad SMARTS) is 1. The lowest BCUT2D eigenvalue weighted by Crippen LogP contribution is -2.45. The summed E-state index contributed by atoms with van der Waals surface area (Å²) in [5, 5.41) is 13.8. The van der Waals surface area contributed by atoms with Crippen LogP contribution in [0.1, 0.15) is 24.5 Å². The summed E-state index contributed by atoms with van der Waals surface area (Å²) in [6.07, 6.45) is 3.69. The number of urea groups is 1. The Kier molecular flexibility index (Phi) is 5.10. The van der Waals surface area contributed by atoms with Gasteiger partial charge in [0.15, 0.2) is 0 Å². The minimum atomic E-state index is -1.04. The lowest BCUT2D eigenvalue weighted by atomic mass is 10.1. The fourth-order valence-corrected chi connectivity index (χ4v) is 1.40. The number of carbonyl (C=O) groups is 2. The summed E-state index contributed by atoms with van der Waals surface area (Å²) in [6, 6.07) is 0.494. The van der Waals surface area contributed by atoms with Crippen LogP contribution in [0.25, 0.3) is 0 Å². The van der Waals surface area contributed by atoms with Gasteiger partial charge in [0.05, 0.1) is 0 Å². The monoisotopic (exact) mass is 251 g/mol. The van der Waals surface area contributed by atoms with E-state index in [1.807, 2.05) is 13.0 Å². The molecule has 3 N–H and O–H groups in total. The number of pyridine rings is 1. The Morgan fingerprint density at radius 1 is 1.50 bits per heavy atom. The molecule has 0 aliphatic rings. The van der Waals surface area contributed by atoms with Gasteiger partial charge in [-0.1, -0.05) is 6.92 Å². The Bertz CT molecular complexity index is 434. The molecule has 0 unspecified atom stereocenters. The Labute approximate surface area is 105 Å². The van der Waals surface area contributed by atoms with Crippen molar-refractivity contribution >= 4 is 12.0 Å². The molecule has 18 heavy (non-hydrogen) atoms. The summed E-state index contributed by atoms with van der Waals surface area (Å²) in [5.74, 6) is -1.04. The number of amides is 2. The van der Waals surface area contributed by atoms with Crippen LogP contribution in [-0.4, -0.2) is 28.1 Å². The number of nitrogens with one attached hydrogen (secondary N) is 2. The molecule has 98 valence electrons. The van der Waals surface area contributed by atoms with Crippen LogP contribution < -0.4 is 10.6 Å². The van der Waals surface area contributed by atoms with Gasteiger partial charge in [0.1, 0.15) is 6.04 Å². The first-order valence-corrected chi connectivity index (χ1v) is 5.71. The van der Waals surface area contributed by atoms with Crippen LogP contribution >= 0.6 is 0 Å². The molecule has 0 bridgehead atoms. The second-order valence-corrected chi connectivity index (χ2v) is 3.93. The van der Waals surface area contributed by atoms with Crippen molar-refractivity contribution in [3.63, 3.8) is 0 Å². The summed E-state index contributed by atoms with van der Waals surface area (Å²) in [6.45, 7) is 3.94. The van der Waals surface area contributed by atoms with Gasteiger partial charge < -0.3 is 15.7 Å². The third-order valence-electron chi connectivity index (χ3n) is 2.60. The molecule has 0 aliphatic carbocycles. The molecule has 0 saturated heterocycles. The van der Waals surface area contributed by atoms with Crippen molar-refractivity contribution in [1.29, 1.82) is 0 Å². The number of hydrogen-bond acceptors (Lipinski definition) is 3. The van der Waals surface area contributed by atoms with Gasteiger partial charge in [-0.3, -0.25) is 4.98 Å². The summed E-state index contributed by atoms with van der Waals surface area (Å²) in [5.41, 5.74) is 1.92. The van der Waals surface area contributed by atoms with Crippen molar-refractivity contribution in [2.24, 2.45) is 0 Å². The smallest absolute Gasteiger partial charge is 0.326 e. The molecule has 6 nitrogen and oxygen atoms in total. The molecule has 6 heteroatoms. The summed E-state index contributed by atoms with van der Waals surface area (Å²) >= 11 is 0. The summed E-state index contributed by atoms with van der Waals surface area (Å²) in [4.78, 5) is 26.2. The number of aliphatic carboxylic acids is 1. The molecular formula is C12H17N3O3. The second-order valence-electron chi connectivity index (χ2n) is 3.93. The quantitative estimate of drug-likeness (QED) is 0.729.